The van der Waals surface area contributed by atoms with Crippen molar-refractivity contribution >= 4 is 99.5 Å². The summed E-state index contributed by atoms with van der Waals surface area (Å²) in [6.45, 7) is 0. The smallest absolute Gasteiger partial charge is 0.159 e. The molecule has 10 aromatic carbocycles. The highest BCUT2D eigenvalue weighted by molar-refractivity contribution is 6.30. The van der Waals surface area contributed by atoms with E-state index in [1.807, 2.05) is 12.1 Å². The maximum atomic E-state index is 6.94. The number of anilines is 6. The summed E-state index contributed by atoms with van der Waals surface area (Å²) < 4.78 is 13.5. The van der Waals surface area contributed by atoms with E-state index in [0.717, 1.165) is 99.9 Å². The molecule has 0 aliphatic rings. The topological polar surface area (TPSA) is 32.8 Å². The minimum atomic E-state index is 0.857. The molecule has 0 spiro atoms. The van der Waals surface area contributed by atoms with Crippen molar-refractivity contribution in [2.45, 2.75) is 0 Å². The van der Waals surface area contributed by atoms with Gasteiger partial charge in [-0.15, -0.1) is 0 Å². The molecule has 0 aliphatic heterocycles. The van der Waals surface area contributed by atoms with Crippen LogP contribution in [0.4, 0.5) is 34.1 Å². The molecular weight excluding hydrogens is 733 g/mol. The maximum absolute atomic E-state index is 6.94. The normalized spacial score (nSPS) is 11.7. The fraction of sp³-hybridized carbons (Fsp3) is 0. The van der Waals surface area contributed by atoms with Crippen LogP contribution >= 0.6 is 0 Å². The first-order chi connectivity index (χ1) is 29.8. The molecule has 0 bridgehead atoms. The number of hydrogen-bond donors (Lipinski definition) is 0. The number of furan rings is 2. The van der Waals surface area contributed by atoms with E-state index in [1.165, 1.54) is 10.8 Å². The molecule has 0 fully saturated rings. The van der Waals surface area contributed by atoms with Crippen molar-refractivity contribution in [1.29, 1.82) is 0 Å². The van der Waals surface area contributed by atoms with Gasteiger partial charge in [-0.3, -0.25) is 0 Å². The molecule has 4 heteroatoms. The summed E-state index contributed by atoms with van der Waals surface area (Å²) >= 11 is 0. The Morgan fingerprint density at radius 3 is 1.50 bits per heavy atom. The molecular formula is C56H36N2O2. The molecule has 282 valence electrons. The summed E-state index contributed by atoms with van der Waals surface area (Å²) in [5.41, 5.74) is 12.1. The summed E-state index contributed by atoms with van der Waals surface area (Å²) in [7, 11) is 0. The number of para-hydroxylation sites is 5. The largest absolute Gasteiger partial charge is 0.455 e. The average molecular weight is 769 g/mol. The van der Waals surface area contributed by atoms with Crippen LogP contribution in [0.2, 0.25) is 0 Å². The van der Waals surface area contributed by atoms with Crippen LogP contribution in [0.3, 0.4) is 0 Å². The molecule has 0 saturated carbocycles. The number of benzene rings is 10. The van der Waals surface area contributed by atoms with Crippen LogP contribution in [0.25, 0.3) is 76.5 Å². The van der Waals surface area contributed by atoms with Crippen molar-refractivity contribution in [2.75, 3.05) is 9.80 Å². The van der Waals surface area contributed by atoms with Gasteiger partial charge in [0, 0.05) is 55.4 Å². The summed E-state index contributed by atoms with van der Waals surface area (Å²) in [4.78, 5) is 4.59. The van der Waals surface area contributed by atoms with E-state index in [9.17, 15) is 0 Å². The van der Waals surface area contributed by atoms with Gasteiger partial charge >= 0.3 is 0 Å². The summed E-state index contributed by atoms with van der Waals surface area (Å²) in [5, 5.41) is 9.00. The third-order valence-corrected chi connectivity index (χ3v) is 11.8. The van der Waals surface area contributed by atoms with Gasteiger partial charge in [-0.25, -0.2) is 0 Å². The highest BCUT2D eigenvalue weighted by atomic mass is 16.3. The van der Waals surface area contributed by atoms with Crippen molar-refractivity contribution in [3.05, 3.63) is 218 Å². The number of fused-ring (bicyclic) bond motifs is 11. The predicted molar refractivity (Wildman–Crippen MR) is 251 cm³/mol. The van der Waals surface area contributed by atoms with E-state index in [-0.39, 0.29) is 0 Å². The molecule has 12 rings (SSSR count). The third kappa shape index (κ3) is 5.46. The molecule has 0 N–H and O–H groups in total. The summed E-state index contributed by atoms with van der Waals surface area (Å²) in [6.07, 6.45) is 0. The molecule has 0 unspecified atom stereocenters. The van der Waals surface area contributed by atoms with Crippen molar-refractivity contribution in [2.24, 2.45) is 0 Å². The summed E-state index contributed by atoms with van der Waals surface area (Å²) in [6, 6.07) is 77.1. The first kappa shape index (κ1) is 34.0. The summed E-state index contributed by atoms with van der Waals surface area (Å²) in [5.74, 6) is 0. The van der Waals surface area contributed by atoms with Crippen LogP contribution in [-0.4, -0.2) is 0 Å². The Balaban J connectivity index is 0.993. The molecule has 0 amide bonds. The third-order valence-electron chi connectivity index (χ3n) is 11.8. The Bertz CT molecular complexity index is 3500. The van der Waals surface area contributed by atoms with E-state index in [4.69, 9.17) is 8.83 Å². The van der Waals surface area contributed by atoms with Gasteiger partial charge in [0.05, 0.1) is 5.69 Å². The van der Waals surface area contributed by atoms with E-state index in [1.54, 1.807) is 0 Å². The second-order valence-corrected chi connectivity index (χ2v) is 15.3. The van der Waals surface area contributed by atoms with Crippen LogP contribution in [0.15, 0.2) is 227 Å². The van der Waals surface area contributed by atoms with Gasteiger partial charge in [0.25, 0.3) is 0 Å². The molecule has 0 saturated heterocycles. The minimum absolute atomic E-state index is 0.857. The van der Waals surface area contributed by atoms with Gasteiger partial charge in [0.15, 0.2) is 5.58 Å². The van der Waals surface area contributed by atoms with Crippen molar-refractivity contribution in [3.8, 4) is 11.1 Å². The fourth-order valence-electron chi connectivity index (χ4n) is 9.08. The van der Waals surface area contributed by atoms with Gasteiger partial charge < -0.3 is 18.6 Å². The lowest BCUT2D eigenvalue weighted by atomic mass is 9.95. The monoisotopic (exact) mass is 768 g/mol. The van der Waals surface area contributed by atoms with Crippen LogP contribution < -0.4 is 9.80 Å². The van der Waals surface area contributed by atoms with Crippen LogP contribution in [0.5, 0.6) is 0 Å². The highest BCUT2D eigenvalue weighted by Gasteiger charge is 2.22. The molecule has 0 atom stereocenters. The quantitative estimate of drug-likeness (QED) is 0.151. The standard InChI is InChI=1S/C56H36N2O2/c1-4-15-39(16-5-1)57(40-17-6-2-7-18-40)42-30-27-37(28-31-42)38-29-33-49-53(35-38)60-56-48-34-32-43(36-50(48)44-21-10-11-23-46(44)54(49)56)58(41-19-8-3-9-20-41)51-25-14-24-47-45-22-12-13-26-52(45)59-55(47)51/h1-36H. The molecule has 60 heavy (non-hydrogen) atoms. The highest BCUT2D eigenvalue weighted by Crippen LogP contribution is 2.46. The molecule has 0 aliphatic carbocycles. The Morgan fingerprint density at radius 1 is 0.267 bits per heavy atom. The maximum Gasteiger partial charge on any atom is 0.159 e. The number of rotatable bonds is 7. The molecule has 12 aromatic rings. The molecule has 2 heterocycles. The van der Waals surface area contributed by atoms with Gasteiger partial charge in [0.2, 0.25) is 0 Å². The lowest BCUT2D eigenvalue weighted by Crippen LogP contribution is -2.10. The lowest BCUT2D eigenvalue weighted by molar-refractivity contribution is 0.669. The first-order valence-electron chi connectivity index (χ1n) is 20.3. The Kier molecular flexibility index (Phi) is 7.82. The van der Waals surface area contributed by atoms with E-state index in [0.29, 0.717) is 0 Å². The Labute approximate surface area is 346 Å². The molecule has 0 radical (unpaired) electrons. The zero-order chi connectivity index (χ0) is 39.6. The predicted octanol–water partition coefficient (Wildman–Crippen LogP) is 16.4. The second-order valence-electron chi connectivity index (χ2n) is 15.3. The van der Waals surface area contributed by atoms with Crippen molar-refractivity contribution in [3.63, 3.8) is 0 Å². The van der Waals surface area contributed by atoms with Crippen LogP contribution in [0.1, 0.15) is 0 Å². The van der Waals surface area contributed by atoms with Crippen molar-refractivity contribution < 1.29 is 8.83 Å². The van der Waals surface area contributed by atoms with Crippen LogP contribution in [-0.2, 0) is 0 Å². The number of nitrogens with zero attached hydrogens (tertiary/aromatic N) is 2. The van der Waals surface area contributed by atoms with E-state index >= 15 is 0 Å². The lowest BCUT2D eigenvalue weighted by Gasteiger charge is -2.26. The average Bonchev–Trinajstić information content (AvgIpc) is 3.90. The fourth-order valence-corrected chi connectivity index (χ4v) is 9.08. The van der Waals surface area contributed by atoms with E-state index < -0.39 is 0 Å². The van der Waals surface area contributed by atoms with Crippen LogP contribution in [0, 0.1) is 0 Å². The Hall–Kier alpha value is -8.08. The SMILES string of the molecule is c1ccc(N(c2ccccc2)c2ccc(-c3ccc4c(c3)oc3c5ccc(N(c6ccccc6)c6cccc7c6oc6ccccc67)cc5c5ccccc5c43)cc2)cc1. The second kappa shape index (κ2) is 13.8. The zero-order valence-corrected chi connectivity index (χ0v) is 32.5. The Morgan fingerprint density at radius 2 is 0.783 bits per heavy atom. The van der Waals surface area contributed by atoms with Gasteiger partial charge in [0.1, 0.15) is 16.7 Å². The molecule has 2 aromatic heterocycles. The first-order valence-corrected chi connectivity index (χ1v) is 20.3. The number of hydrogen-bond acceptors (Lipinski definition) is 4. The van der Waals surface area contributed by atoms with Gasteiger partial charge in [-0.2, -0.15) is 0 Å². The van der Waals surface area contributed by atoms with Gasteiger partial charge in [-0.1, -0.05) is 127 Å². The zero-order valence-electron chi connectivity index (χ0n) is 32.5. The van der Waals surface area contributed by atoms with Crippen molar-refractivity contribution in [1.82, 2.24) is 0 Å². The minimum Gasteiger partial charge on any atom is -0.455 e. The van der Waals surface area contributed by atoms with E-state index in [2.05, 4.69) is 216 Å². The molecule has 4 nitrogen and oxygen atoms in total. The van der Waals surface area contributed by atoms with Gasteiger partial charge in [-0.05, 0) is 118 Å².